The Morgan fingerprint density at radius 2 is 1.62 bits per heavy atom. The van der Waals surface area contributed by atoms with E-state index in [-0.39, 0.29) is 11.8 Å². The van der Waals surface area contributed by atoms with Crippen molar-refractivity contribution in [2.75, 3.05) is 18.0 Å². The monoisotopic (exact) mass is 425 g/mol. The highest BCUT2D eigenvalue weighted by Crippen LogP contribution is 2.49. The molecule has 32 heavy (non-hydrogen) atoms. The molecule has 1 saturated heterocycles. The highest BCUT2D eigenvalue weighted by molar-refractivity contribution is 5.56. The number of phenolic OH excluding ortho intramolecular Hbond substituents is 1. The number of anilines is 1. The van der Waals surface area contributed by atoms with E-state index in [4.69, 9.17) is 0 Å². The van der Waals surface area contributed by atoms with Crippen LogP contribution in [0, 0.1) is 11.8 Å². The summed E-state index contributed by atoms with van der Waals surface area (Å²) in [5, 5.41) is 10.1. The second-order valence-corrected chi connectivity index (χ2v) is 9.53. The van der Waals surface area contributed by atoms with Crippen molar-refractivity contribution >= 4 is 12.0 Å². The van der Waals surface area contributed by atoms with Crippen LogP contribution in [0.2, 0.25) is 0 Å². The van der Waals surface area contributed by atoms with Crippen molar-refractivity contribution in [3.63, 3.8) is 0 Å². The van der Waals surface area contributed by atoms with Crippen LogP contribution in [0.4, 0.5) is 5.69 Å². The first-order chi connectivity index (χ1) is 15.6. The predicted molar refractivity (Wildman–Crippen MR) is 129 cm³/mol. The largest absolute Gasteiger partial charge is 0.508 e. The van der Waals surface area contributed by atoms with Crippen molar-refractivity contribution in [3.8, 4) is 5.75 Å². The molecule has 0 amide bonds. The summed E-state index contributed by atoms with van der Waals surface area (Å²) in [6, 6.07) is 25.8. The standard InChI is InChI=1S/C29H31NO2/c1-20-17-24-18-26(32)11-12-27(24)29(28(20)22-5-3-2-4-6-22)23-7-9-25(10-8-23)30-15-13-21(19-31)14-16-30/h2-12,18-21,28-29,32H,13-17H2,1H3/t20-,28-,29-/m0/s1. The molecule has 0 radical (unpaired) electrons. The van der Waals surface area contributed by atoms with Crippen LogP contribution >= 0.6 is 0 Å². The van der Waals surface area contributed by atoms with Crippen LogP contribution in [-0.4, -0.2) is 24.5 Å². The molecule has 1 N–H and O–H groups in total. The van der Waals surface area contributed by atoms with Gasteiger partial charge >= 0.3 is 0 Å². The number of fused-ring (bicyclic) bond motifs is 1. The SMILES string of the molecule is C[C@H]1Cc2cc(O)ccc2[C@H](c2ccc(N3CCC(C=O)CC3)cc2)[C@@H]1c1ccccc1. The van der Waals surface area contributed by atoms with Crippen molar-refractivity contribution in [3.05, 3.63) is 95.1 Å². The summed E-state index contributed by atoms with van der Waals surface area (Å²) in [6.45, 7) is 4.22. The van der Waals surface area contributed by atoms with Crippen LogP contribution in [0.5, 0.6) is 5.75 Å². The molecule has 3 atom stereocenters. The van der Waals surface area contributed by atoms with Gasteiger partial charge in [-0.05, 0) is 77.6 Å². The molecule has 0 aromatic heterocycles. The summed E-state index contributed by atoms with van der Waals surface area (Å²) in [5.41, 5.74) is 6.53. The number of rotatable bonds is 4. The quantitative estimate of drug-likeness (QED) is 0.528. The van der Waals surface area contributed by atoms with Crippen molar-refractivity contribution in [1.82, 2.24) is 0 Å². The van der Waals surface area contributed by atoms with Gasteiger partial charge in [0.25, 0.3) is 0 Å². The van der Waals surface area contributed by atoms with Crippen molar-refractivity contribution in [1.29, 1.82) is 0 Å². The lowest BCUT2D eigenvalue weighted by atomic mass is 9.64. The second-order valence-electron chi connectivity index (χ2n) is 9.53. The van der Waals surface area contributed by atoms with Crippen LogP contribution in [0.15, 0.2) is 72.8 Å². The fourth-order valence-electron chi connectivity index (χ4n) is 5.84. The van der Waals surface area contributed by atoms with Crippen molar-refractivity contribution in [2.45, 2.75) is 38.0 Å². The summed E-state index contributed by atoms with van der Waals surface area (Å²) in [4.78, 5) is 13.5. The Balaban J connectivity index is 1.51. The Bertz CT molecular complexity index is 1070. The molecule has 164 valence electrons. The van der Waals surface area contributed by atoms with E-state index in [1.54, 1.807) is 0 Å². The third-order valence-corrected chi connectivity index (χ3v) is 7.51. The van der Waals surface area contributed by atoms with Crippen molar-refractivity contribution < 1.29 is 9.90 Å². The zero-order valence-corrected chi connectivity index (χ0v) is 18.7. The highest BCUT2D eigenvalue weighted by Gasteiger charge is 2.36. The second kappa shape index (κ2) is 8.82. The van der Waals surface area contributed by atoms with Gasteiger partial charge in [0.15, 0.2) is 0 Å². The van der Waals surface area contributed by atoms with Crippen molar-refractivity contribution in [2.24, 2.45) is 11.8 Å². The number of hydrogen-bond donors (Lipinski definition) is 1. The average Bonchev–Trinajstić information content (AvgIpc) is 2.84. The molecule has 1 fully saturated rings. The maximum atomic E-state index is 11.1. The van der Waals surface area contributed by atoms with E-state index >= 15 is 0 Å². The molecule has 0 unspecified atom stereocenters. The number of piperidine rings is 1. The molecule has 3 aromatic rings. The summed E-state index contributed by atoms with van der Waals surface area (Å²) < 4.78 is 0. The Labute approximate surface area is 190 Å². The third kappa shape index (κ3) is 3.92. The molecule has 3 nitrogen and oxygen atoms in total. The van der Waals surface area contributed by atoms with Gasteiger partial charge in [-0.1, -0.05) is 55.5 Å². The normalized spacial score (nSPS) is 23.5. The van der Waals surface area contributed by atoms with E-state index in [0.29, 0.717) is 17.6 Å². The minimum atomic E-state index is 0.216. The number of aromatic hydroxyl groups is 1. The summed E-state index contributed by atoms with van der Waals surface area (Å²) in [7, 11) is 0. The Morgan fingerprint density at radius 3 is 2.31 bits per heavy atom. The number of benzene rings is 3. The molecule has 1 aliphatic heterocycles. The number of aldehydes is 1. The molecule has 0 bridgehead atoms. The molecular formula is C29H31NO2. The van der Waals surface area contributed by atoms with E-state index in [2.05, 4.69) is 72.5 Å². The number of phenols is 1. The van der Waals surface area contributed by atoms with Gasteiger partial charge in [0.05, 0.1) is 0 Å². The minimum absolute atomic E-state index is 0.216. The van der Waals surface area contributed by atoms with Gasteiger partial charge in [0.2, 0.25) is 0 Å². The van der Waals surface area contributed by atoms with Crippen LogP contribution in [0.25, 0.3) is 0 Å². The first kappa shape index (κ1) is 20.8. The van der Waals surface area contributed by atoms with E-state index < -0.39 is 0 Å². The minimum Gasteiger partial charge on any atom is -0.508 e. The lowest BCUT2D eigenvalue weighted by Gasteiger charge is -2.39. The maximum Gasteiger partial charge on any atom is 0.123 e. The maximum absolute atomic E-state index is 11.1. The average molecular weight is 426 g/mol. The van der Waals surface area contributed by atoms with Gasteiger partial charge in [-0.2, -0.15) is 0 Å². The molecule has 5 rings (SSSR count). The lowest BCUT2D eigenvalue weighted by Crippen LogP contribution is -2.34. The van der Waals surface area contributed by atoms with Crippen LogP contribution < -0.4 is 4.90 Å². The van der Waals surface area contributed by atoms with Gasteiger partial charge < -0.3 is 14.8 Å². The first-order valence-corrected chi connectivity index (χ1v) is 11.8. The lowest BCUT2D eigenvalue weighted by molar-refractivity contribution is -0.111. The zero-order valence-electron chi connectivity index (χ0n) is 18.7. The first-order valence-electron chi connectivity index (χ1n) is 11.8. The van der Waals surface area contributed by atoms with Crippen LogP contribution in [0.3, 0.4) is 0 Å². The van der Waals surface area contributed by atoms with Gasteiger partial charge in [0, 0.05) is 30.6 Å². The number of carbonyl (C=O) groups is 1. The van der Waals surface area contributed by atoms with Crippen LogP contribution in [-0.2, 0) is 11.2 Å². The third-order valence-electron chi connectivity index (χ3n) is 7.51. The molecule has 0 spiro atoms. The van der Waals surface area contributed by atoms with Gasteiger partial charge in [-0.15, -0.1) is 0 Å². The van der Waals surface area contributed by atoms with E-state index in [0.717, 1.165) is 38.6 Å². The molecular weight excluding hydrogens is 394 g/mol. The molecule has 0 saturated carbocycles. The molecule has 3 heteroatoms. The molecule has 2 aliphatic rings. The molecule has 3 aromatic carbocycles. The van der Waals surface area contributed by atoms with Gasteiger partial charge in [-0.25, -0.2) is 0 Å². The highest BCUT2D eigenvalue weighted by atomic mass is 16.3. The van der Waals surface area contributed by atoms with E-state index in [1.165, 1.54) is 27.9 Å². The Hall–Kier alpha value is -3.07. The van der Waals surface area contributed by atoms with Crippen LogP contribution in [0.1, 0.15) is 53.9 Å². The molecule has 1 heterocycles. The van der Waals surface area contributed by atoms with E-state index in [9.17, 15) is 9.90 Å². The predicted octanol–water partition coefficient (Wildman–Crippen LogP) is 5.92. The topological polar surface area (TPSA) is 40.5 Å². The fourth-order valence-corrected chi connectivity index (χ4v) is 5.84. The number of nitrogens with zero attached hydrogens (tertiary/aromatic N) is 1. The zero-order chi connectivity index (χ0) is 22.1. The summed E-state index contributed by atoms with van der Waals surface area (Å²) >= 11 is 0. The number of carbonyl (C=O) groups excluding carboxylic acids is 1. The van der Waals surface area contributed by atoms with E-state index in [1.807, 2.05) is 12.1 Å². The smallest absolute Gasteiger partial charge is 0.123 e. The fraction of sp³-hybridized carbons (Fsp3) is 0.345. The summed E-state index contributed by atoms with van der Waals surface area (Å²) in [5.74, 6) is 1.68. The van der Waals surface area contributed by atoms with Gasteiger partial charge in [0.1, 0.15) is 12.0 Å². The Kier molecular flexibility index (Phi) is 5.73. The molecule has 1 aliphatic carbocycles. The van der Waals surface area contributed by atoms with Gasteiger partial charge in [-0.3, -0.25) is 0 Å². The Morgan fingerprint density at radius 1 is 0.906 bits per heavy atom. The summed E-state index contributed by atoms with van der Waals surface area (Å²) in [6.07, 6.45) is 3.98. The number of hydrogen-bond acceptors (Lipinski definition) is 3.